The highest BCUT2D eigenvalue weighted by atomic mass is 16.5. The second-order valence-electron chi connectivity index (χ2n) is 3.95. The van der Waals surface area contributed by atoms with Gasteiger partial charge in [0.25, 0.3) is 0 Å². The Morgan fingerprint density at radius 3 is 3.07 bits per heavy atom. The fraction of sp³-hybridized carbons (Fsp3) is 0.417. The fourth-order valence-corrected chi connectivity index (χ4v) is 1.90. The van der Waals surface area contributed by atoms with Crippen molar-refractivity contribution in [2.45, 2.75) is 25.8 Å². The number of methoxy groups -OCH3 is 1. The van der Waals surface area contributed by atoms with E-state index in [0.29, 0.717) is 11.6 Å². The standard InChI is InChI=1S/C12H15NO2/c1-8-3-4-9-7-10(12(14)15-2)5-6-11(9)13-8/h5-8,13H,3-4H2,1-2H3. The van der Waals surface area contributed by atoms with E-state index in [1.54, 1.807) is 6.07 Å². The van der Waals surface area contributed by atoms with Crippen molar-refractivity contribution in [2.75, 3.05) is 12.4 Å². The first-order valence-corrected chi connectivity index (χ1v) is 5.18. The van der Waals surface area contributed by atoms with Gasteiger partial charge in [-0.25, -0.2) is 4.79 Å². The third kappa shape index (κ3) is 1.96. The van der Waals surface area contributed by atoms with Gasteiger partial charge in [0.2, 0.25) is 0 Å². The molecular weight excluding hydrogens is 190 g/mol. The minimum atomic E-state index is -0.267. The second kappa shape index (κ2) is 3.93. The van der Waals surface area contributed by atoms with Crippen molar-refractivity contribution < 1.29 is 9.53 Å². The van der Waals surface area contributed by atoms with E-state index in [4.69, 9.17) is 0 Å². The van der Waals surface area contributed by atoms with Crippen molar-refractivity contribution in [3.63, 3.8) is 0 Å². The lowest BCUT2D eigenvalue weighted by Crippen LogP contribution is -2.22. The maximum Gasteiger partial charge on any atom is 0.337 e. The lowest BCUT2D eigenvalue weighted by atomic mass is 9.97. The van der Waals surface area contributed by atoms with Crippen LogP contribution in [-0.4, -0.2) is 19.1 Å². The van der Waals surface area contributed by atoms with Gasteiger partial charge in [-0.2, -0.15) is 0 Å². The van der Waals surface area contributed by atoms with Gasteiger partial charge >= 0.3 is 5.97 Å². The van der Waals surface area contributed by atoms with Crippen molar-refractivity contribution in [2.24, 2.45) is 0 Å². The number of hydrogen-bond acceptors (Lipinski definition) is 3. The summed E-state index contributed by atoms with van der Waals surface area (Å²) in [6.45, 7) is 2.16. The first-order valence-electron chi connectivity index (χ1n) is 5.18. The molecule has 1 heterocycles. The van der Waals surface area contributed by atoms with Crippen LogP contribution in [0.3, 0.4) is 0 Å². The molecule has 1 N–H and O–H groups in total. The minimum Gasteiger partial charge on any atom is -0.465 e. The summed E-state index contributed by atoms with van der Waals surface area (Å²) in [5, 5.41) is 3.39. The van der Waals surface area contributed by atoms with Crippen LogP contribution in [0.25, 0.3) is 0 Å². The summed E-state index contributed by atoms with van der Waals surface area (Å²) in [5.74, 6) is -0.267. The van der Waals surface area contributed by atoms with E-state index in [1.807, 2.05) is 12.1 Å². The van der Waals surface area contributed by atoms with Crippen LogP contribution < -0.4 is 5.32 Å². The molecule has 1 aliphatic heterocycles. The highest BCUT2D eigenvalue weighted by Crippen LogP contribution is 2.25. The maximum absolute atomic E-state index is 11.3. The number of aryl methyl sites for hydroxylation is 1. The number of hydrogen-bond donors (Lipinski definition) is 1. The Morgan fingerprint density at radius 1 is 1.53 bits per heavy atom. The van der Waals surface area contributed by atoms with Crippen molar-refractivity contribution in [3.05, 3.63) is 29.3 Å². The molecule has 0 aromatic heterocycles. The Labute approximate surface area is 89.4 Å². The van der Waals surface area contributed by atoms with Crippen LogP contribution >= 0.6 is 0 Å². The molecule has 0 aliphatic carbocycles. The van der Waals surface area contributed by atoms with Gasteiger partial charge in [0.1, 0.15) is 0 Å². The highest BCUT2D eigenvalue weighted by molar-refractivity contribution is 5.90. The summed E-state index contributed by atoms with van der Waals surface area (Å²) >= 11 is 0. The third-order valence-electron chi connectivity index (χ3n) is 2.77. The number of benzene rings is 1. The molecule has 2 rings (SSSR count). The average Bonchev–Trinajstić information content (AvgIpc) is 2.27. The SMILES string of the molecule is COC(=O)c1ccc2c(c1)CCC(C)N2. The molecule has 0 fully saturated rings. The normalized spacial score (nSPS) is 18.9. The number of anilines is 1. The zero-order valence-corrected chi connectivity index (χ0v) is 9.04. The molecule has 0 bridgehead atoms. The Hall–Kier alpha value is -1.51. The number of nitrogens with one attached hydrogen (secondary N) is 1. The quantitative estimate of drug-likeness (QED) is 0.714. The Morgan fingerprint density at radius 2 is 2.33 bits per heavy atom. The van der Waals surface area contributed by atoms with Gasteiger partial charge in [-0.3, -0.25) is 0 Å². The van der Waals surface area contributed by atoms with E-state index in [0.717, 1.165) is 18.5 Å². The molecule has 15 heavy (non-hydrogen) atoms. The van der Waals surface area contributed by atoms with Crippen molar-refractivity contribution in [1.29, 1.82) is 0 Å². The predicted molar refractivity (Wildman–Crippen MR) is 59.2 cm³/mol. The summed E-state index contributed by atoms with van der Waals surface area (Å²) in [4.78, 5) is 11.3. The van der Waals surface area contributed by atoms with Gasteiger partial charge in [0, 0.05) is 11.7 Å². The summed E-state index contributed by atoms with van der Waals surface area (Å²) in [6.07, 6.45) is 2.13. The van der Waals surface area contributed by atoms with Crippen LogP contribution in [0.2, 0.25) is 0 Å². The average molecular weight is 205 g/mol. The molecule has 1 aromatic carbocycles. The van der Waals surface area contributed by atoms with Crippen molar-refractivity contribution in [1.82, 2.24) is 0 Å². The van der Waals surface area contributed by atoms with E-state index < -0.39 is 0 Å². The Kier molecular flexibility index (Phi) is 2.62. The van der Waals surface area contributed by atoms with Crippen LogP contribution in [0, 0.1) is 0 Å². The van der Waals surface area contributed by atoms with Crippen LogP contribution in [-0.2, 0) is 11.2 Å². The molecule has 1 aliphatic rings. The highest BCUT2D eigenvalue weighted by Gasteiger charge is 2.15. The predicted octanol–water partition coefficient (Wildman–Crippen LogP) is 2.22. The van der Waals surface area contributed by atoms with Crippen LogP contribution in [0.5, 0.6) is 0 Å². The molecule has 0 spiro atoms. The molecule has 1 atom stereocenters. The number of ether oxygens (including phenoxy) is 1. The van der Waals surface area contributed by atoms with Crippen LogP contribution in [0.15, 0.2) is 18.2 Å². The molecule has 0 radical (unpaired) electrons. The molecule has 1 aromatic rings. The number of fused-ring (bicyclic) bond motifs is 1. The molecule has 3 heteroatoms. The van der Waals surface area contributed by atoms with Gasteiger partial charge in [-0.15, -0.1) is 0 Å². The summed E-state index contributed by atoms with van der Waals surface area (Å²) in [6, 6.07) is 6.19. The fourth-order valence-electron chi connectivity index (χ4n) is 1.90. The number of carbonyl (C=O) groups excluding carboxylic acids is 1. The Balaban J connectivity index is 2.30. The molecule has 80 valence electrons. The molecule has 3 nitrogen and oxygen atoms in total. The van der Waals surface area contributed by atoms with Gasteiger partial charge in [0.05, 0.1) is 12.7 Å². The monoisotopic (exact) mass is 205 g/mol. The van der Waals surface area contributed by atoms with E-state index in [9.17, 15) is 4.79 Å². The molecule has 0 saturated heterocycles. The first kappa shape index (κ1) is 10.0. The minimum absolute atomic E-state index is 0.267. The number of esters is 1. The number of carbonyl (C=O) groups is 1. The smallest absolute Gasteiger partial charge is 0.337 e. The molecular formula is C12H15NO2. The topological polar surface area (TPSA) is 38.3 Å². The molecule has 0 saturated carbocycles. The van der Waals surface area contributed by atoms with E-state index in [2.05, 4.69) is 17.0 Å². The van der Waals surface area contributed by atoms with Gasteiger partial charge in [-0.1, -0.05) is 0 Å². The van der Waals surface area contributed by atoms with Gasteiger partial charge in [-0.05, 0) is 43.5 Å². The Bertz CT molecular complexity index is 387. The molecule has 0 amide bonds. The van der Waals surface area contributed by atoms with Crippen molar-refractivity contribution in [3.8, 4) is 0 Å². The van der Waals surface area contributed by atoms with Crippen LogP contribution in [0.4, 0.5) is 5.69 Å². The summed E-state index contributed by atoms with van der Waals surface area (Å²) in [7, 11) is 1.40. The lowest BCUT2D eigenvalue weighted by Gasteiger charge is -2.24. The third-order valence-corrected chi connectivity index (χ3v) is 2.77. The van der Waals surface area contributed by atoms with E-state index in [1.165, 1.54) is 12.7 Å². The largest absolute Gasteiger partial charge is 0.465 e. The first-order chi connectivity index (χ1) is 7.20. The van der Waals surface area contributed by atoms with Gasteiger partial charge < -0.3 is 10.1 Å². The van der Waals surface area contributed by atoms with Crippen LogP contribution in [0.1, 0.15) is 29.3 Å². The van der Waals surface area contributed by atoms with Crippen molar-refractivity contribution >= 4 is 11.7 Å². The maximum atomic E-state index is 11.3. The van der Waals surface area contributed by atoms with E-state index in [-0.39, 0.29) is 5.97 Å². The number of rotatable bonds is 1. The zero-order chi connectivity index (χ0) is 10.8. The lowest BCUT2D eigenvalue weighted by molar-refractivity contribution is 0.0600. The summed E-state index contributed by atoms with van der Waals surface area (Å²) in [5.41, 5.74) is 2.98. The zero-order valence-electron chi connectivity index (χ0n) is 9.04. The molecule has 1 unspecified atom stereocenters. The second-order valence-corrected chi connectivity index (χ2v) is 3.95. The summed E-state index contributed by atoms with van der Waals surface area (Å²) < 4.78 is 4.69. The van der Waals surface area contributed by atoms with E-state index >= 15 is 0 Å². The van der Waals surface area contributed by atoms with Gasteiger partial charge in [0.15, 0.2) is 0 Å².